The Labute approximate surface area is 417 Å². The quantitative estimate of drug-likeness (QED) is 0.150. The Morgan fingerprint density at radius 2 is 1.77 bits per heavy atom. The normalized spacial score (nSPS) is 28.2. The summed E-state index contributed by atoms with van der Waals surface area (Å²) in [7, 11) is 3.38. The molecule has 0 spiro atoms. The molecule has 3 aromatic rings. The van der Waals surface area contributed by atoms with E-state index >= 15 is 0 Å². The monoisotopic (exact) mass is 975 g/mol. The van der Waals surface area contributed by atoms with Crippen molar-refractivity contribution < 1.29 is 38.6 Å². The molecule has 16 heteroatoms. The van der Waals surface area contributed by atoms with Gasteiger partial charge in [0, 0.05) is 98.4 Å². The minimum absolute atomic E-state index is 0.000800. The Kier molecular flexibility index (Phi) is 14.5. The molecule has 1 aromatic heterocycles. The number of hydrogen-bond donors (Lipinski definition) is 4. The van der Waals surface area contributed by atoms with Crippen LogP contribution < -0.4 is 16.1 Å². The zero-order chi connectivity index (χ0) is 50.5. The topological polar surface area (TPSA) is 197 Å². The number of cyclic esters (lactones) is 1. The largest absolute Gasteiger partial charge is 0.508 e. The van der Waals surface area contributed by atoms with Gasteiger partial charge < -0.3 is 39.6 Å². The average Bonchev–Trinajstić information content (AvgIpc) is 4.11. The molecule has 6 aliphatic rings. The van der Waals surface area contributed by atoms with Crippen LogP contribution in [0.2, 0.25) is 0 Å². The van der Waals surface area contributed by atoms with Gasteiger partial charge in [-0.2, -0.15) is 0 Å². The molecule has 8 bridgehead atoms. The molecule has 4 N–H and O–H groups in total. The van der Waals surface area contributed by atoms with Gasteiger partial charge in [-0.05, 0) is 117 Å². The van der Waals surface area contributed by atoms with E-state index in [0.717, 1.165) is 46.1 Å². The van der Waals surface area contributed by atoms with Crippen molar-refractivity contribution in [3.05, 3.63) is 65.4 Å². The van der Waals surface area contributed by atoms with Crippen molar-refractivity contribution in [2.24, 2.45) is 22.2 Å². The first-order chi connectivity index (χ1) is 33.9. The molecule has 71 heavy (non-hydrogen) atoms. The summed E-state index contributed by atoms with van der Waals surface area (Å²) in [6, 6.07) is 8.99. The first-order valence-electron chi connectivity index (χ1n) is 26.0. The maximum absolute atomic E-state index is 14.9. The lowest BCUT2D eigenvalue weighted by Gasteiger charge is -2.41. The summed E-state index contributed by atoms with van der Waals surface area (Å²) in [5.74, 6) is -1.95. The SMILES string of the molecule is CCn1c(C2C=CC=NC2[C@H](C)OC)c2c3cc(ccc31)-c1cc(O)cc(c1)C[C@H](NC(=O)[C@H](C(C)C)N(C)C(=O)C1C[C@H]3CC[C@@H](C1)N3C(=O)[C@@H]1CN1)C(=O)N1CCC[C@@H](CC(=O)OCC(C)(C)C2)N1. The number of likely N-dealkylation sites (N-methyl/N-ethyl adjacent to an activating group) is 1. The number of rotatable bonds is 10. The van der Waals surface area contributed by atoms with Crippen LogP contribution in [0.25, 0.3) is 22.0 Å². The average molecular weight is 975 g/mol. The lowest BCUT2D eigenvalue weighted by molar-refractivity contribution is -0.151. The highest BCUT2D eigenvalue weighted by atomic mass is 16.5. The van der Waals surface area contributed by atoms with Gasteiger partial charge in [-0.15, -0.1) is 0 Å². The Morgan fingerprint density at radius 3 is 2.46 bits per heavy atom. The van der Waals surface area contributed by atoms with E-state index in [4.69, 9.17) is 14.5 Å². The molecule has 0 saturated carbocycles. The molecule has 0 aliphatic carbocycles. The second-order valence-electron chi connectivity index (χ2n) is 22.2. The van der Waals surface area contributed by atoms with E-state index in [0.29, 0.717) is 57.3 Å². The van der Waals surface area contributed by atoms with Gasteiger partial charge in [0.05, 0.1) is 31.2 Å². The standard InChI is InChI=1S/C55H74N8O8/c1-9-61-46-17-14-34-26-42(46)43(50(61)41-13-10-18-56-48(41)32(4)70-8)28-55(5,6)30-71-47(65)27-37-12-11-19-62(59-37)53(68)44(22-33-20-35(34)25-40(64)21-33)58-51(66)49(31(2)3)60(7)52(67)36-23-38-15-16-39(24-36)63(38)54(69)45-29-57-45/h10,13-14,17-18,20-21,25-26,31-32,36-39,41,44-45,48-49,57,59,64H,9,11-12,15-16,19,22-24,27-30H2,1-8H3,(H,58,66)/t32-,36?,37-,38-,39+,41?,44-,45-,48?,49-/m0/s1. The number of aliphatic imine (C=N–C) groups is 1. The molecule has 0 radical (unpaired) electrons. The number of methoxy groups -OCH3 is 1. The Balaban J connectivity index is 1.06. The van der Waals surface area contributed by atoms with Crippen LogP contribution in [-0.4, -0.2) is 143 Å². The number of allylic oxidation sites excluding steroid dienone is 1. The Hall–Kier alpha value is -5.58. The molecule has 4 fully saturated rings. The summed E-state index contributed by atoms with van der Waals surface area (Å²) >= 11 is 0. The highest BCUT2D eigenvalue weighted by Crippen LogP contribution is 2.43. The van der Waals surface area contributed by atoms with Crippen molar-refractivity contribution in [2.75, 3.05) is 33.9 Å². The van der Waals surface area contributed by atoms with Crippen LogP contribution in [-0.2, 0) is 52.8 Å². The van der Waals surface area contributed by atoms with Gasteiger partial charge in [0.2, 0.25) is 17.7 Å². The van der Waals surface area contributed by atoms with Crippen molar-refractivity contribution in [3.63, 3.8) is 0 Å². The summed E-state index contributed by atoms with van der Waals surface area (Å²) in [6.45, 7) is 14.1. The van der Waals surface area contributed by atoms with Crippen LogP contribution in [0.3, 0.4) is 0 Å². The first kappa shape index (κ1) is 50.4. The van der Waals surface area contributed by atoms with Crippen LogP contribution in [0.1, 0.15) is 109 Å². The molecule has 16 nitrogen and oxygen atoms in total. The molecule has 7 heterocycles. The number of amides is 4. The van der Waals surface area contributed by atoms with E-state index < -0.39 is 29.3 Å². The number of aromatic nitrogens is 1. The van der Waals surface area contributed by atoms with Crippen molar-refractivity contribution in [1.82, 2.24) is 35.4 Å². The molecule has 4 saturated heterocycles. The molecule has 3 unspecified atom stereocenters. The number of aromatic hydroxyl groups is 1. The fourth-order valence-electron chi connectivity index (χ4n) is 12.4. The number of ether oxygens (including phenoxy) is 2. The number of benzene rings is 2. The second-order valence-corrected chi connectivity index (χ2v) is 22.2. The minimum atomic E-state index is -1.10. The van der Waals surface area contributed by atoms with Gasteiger partial charge in [0.1, 0.15) is 17.8 Å². The van der Waals surface area contributed by atoms with Crippen molar-refractivity contribution >= 4 is 46.7 Å². The van der Waals surface area contributed by atoms with E-state index in [-0.39, 0.29) is 97.0 Å². The van der Waals surface area contributed by atoms with E-state index in [9.17, 15) is 29.1 Å². The number of phenolic OH excluding ortho intramolecular Hbond substituents is 1. The number of carbonyl (C=O) groups excluding carboxylic acids is 5. The fourth-order valence-corrected chi connectivity index (χ4v) is 12.4. The molecule has 6 aliphatic heterocycles. The Bertz CT molecular complexity index is 2590. The molecule has 9 rings (SSSR count). The van der Waals surface area contributed by atoms with Gasteiger partial charge >= 0.3 is 5.97 Å². The molecular weight excluding hydrogens is 901 g/mol. The van der Waals surface area contributed by atoms with Crippen LogP contribution in [0.15, 0.2) is 53.5 Å². The van der Waals surface area contributed by atoms with Crippen molar-refractivity contribution in [2.45, 2.75) is 160 Å². The maximum atomic E-state index is 14.9. The zero-order valence-electron chi connectivity index (χ0n) is 42.8. The van der Waals surface area contributed by atoms with Gasteiger partial charge in [-0.3, -0.25) is 34.0 Å². The summed E-state index contributed by atoms with van der Waals surface area (Å²) in [5.41, 5.74) is 8.37. The van der Waals surface area contributed by atoms with Gasteiger partial charge in [-0.1, -0.05) is 45.9 Å². The highest BCUT2D eigenvalue weighted by Gasteiger charge is 2.49. The number of hydrogen-bond acceptors (Lipinski definition) is 11. The number of dihydropyridines is 1. The Morgan fingerprint density at radius 1 is 1.03 bits per heavy atom. The lowest BCUT2D eigenvalue weighted by Crippen LogP contribution is -2.61. The predicted molar refractivity (Wildman–Crippen MR) is 271 cm³/mol. The van der Waals surface area contributed by atoms with Gasteiger partial charge in [0.25, 0.3) is 5.91 Å². The molecule has 382 valence electrons. The highest BCUT2D eigenvalue weighted by molar-refractivity contribution is 5.94. The van der Waals surface area contributed by atoms with Crippen LogP contribution in [0, 0.1) is 17.3 Å². The lowest BCUT2D eigenvalue weighted by atomic mass is 9.81. The predicted octanol–water partition coefficient (Wildman–Crippen LogP) is 5.42. The van der Waals surface area contributed by atoms with Gasteiger partial charge in [-0.25, -0.2) is 5.43 Å². The summed E-state index contributed by atoms with van der Waals surface area (Å²) in [4.78, 5) is 79.4. The smallest absolute Gasteiger partial charge is 0.307 e. The molecule has 4 amide bonds. The third kappa shape index (κ3) is 10.4. The summed E-state index contributed by atoms with van der Waals surface area (Å²) in [5, 5.41) is 20.2. The number of hydrazine groups is 1. The molecule has 2 aromatic carbocycles. The molecule has 10 atom stereocenters. The third-order valence-electron chi connectivity index (χ3n) is 16.0. The summed E-state index contributed by atoms with van der Waals surface area (Å²) < 4.78 is 14.3. The first-order valence-corrected chi connectivity index (χ1v) is 26.0. The fraction of sp³-hybridized carbons (Fsp3) is 0.600. The van der Waals surface area contributed by atoms with Crippen LogP contribution in [0.5, 0.6) is 5.75 Å². The van der Waals surface area contributed by atoms with Crippen LogP contribution >= 0.6 is 0 Å². The van der Waals surface area contributed by atoms with E-state index in [1.165, 1.54) is 5.01 Å². The third-order valence-corrected chi connectivity index (χ3v) is 16.0. The van der Waals surface area contributed by atoms with Gasteiger partial charge in [0.15, 0.2) is 0 Å². The number of aryl methyl sites for hydroxylation is 1. The van der Waals surface area contributed by atoms with E-state index in [1.54, 1.807) is 31.2 Å². The number of esters is 1. The van der Waals surface area contributed by atoms with E-state index in [1.807, 2.05) is 44.0 Å². The number of fused-ring (bicyclic) bond motifs is 8. The molecular formula is C55H74N8O8. The summed E-state index contributed by atoms with van der Waals surface area (Å²) in [6.07, 6.45) is 10.7. The number of nitrogens with zero attached hydrogens (tertiary/aromatic N) is 5. The zero-order valence-corrected chi connectivity index (χ0v) is 42.8. The minimum Gasteiger partial charge on any atom is -0.508 e. The number of piperidine rings is 1. The van der Waals surface area contributed by atoms with Crippen molar-refractivity contribution in [1.29, 1.82) is 0 Å². The number of carbonyl (C=O) groups is 5. The number of phenols is 1. The maximum Gasteiger partial charge on any atom is 0.307 e. The number of nitrogens with one attached hydrogen (secondary N) is 3. The van der Waals surface area contributed by atoms with Crippen molar-refractivity contribution in [3.8, 4) is 16.9 Å². The van der Waals surface area contributed by atoms with Crippen LogP contribution in [0.4, 0.5) is 0 Å². The second kappa shape index (κ2) is 20.5. The van der Waals surface area contributed by atoms with E-state index in [2.05, 4.69) is 65.7 Å².